The molecule has 3 heterocycles. The quantitative estimate of drug-likeness (QED) is 0.157. The van der Waals surface area contributed by atoms with Crippen LogP contribution >= 0.6 is 0 Å². The summed E-state index contributed by atoms with van der Waals surface area (Å²) in [7, 11) is -4.11. The van der Waals surface area contributed by atoms with Crippen LogP contribution in [-0.2, 0) is 42.0 Å². The zero-order chi connectivity index (χ0) is 36.3. The van der Waals surface area contributed by atoms with Crippen LogP contribution in [0.3, 0.4) is 0 Å². The predicted molar refractivity (Wildman–Crippen MR) is 186 cm³/mol. The molecule has 51 heavy (non-hydrogen) atoms. The molecule has 0 unspecified atom stereocenters. The largest absolute Gasteiger partial charge is 0.489 e. The molecule has 0 N–H and O–H groups in total. The summed E-state index contributed by atoms with van der Waals surface area (Å²) in [6.07, 6.45) is -1.16. The third-order valence-corrected chi connectivity index (χ3v) is 11.3. The smallest absolute Gasteiger partial charge is 0.412 e. The van der Waals surface area contributed by atoms with Crippen molar-refractivity contribution in [3.05, 3.63) is 100 Å². The number of hydrogen-bond acceptors (Lipinski definition) is 10. The van der Waals surface area contributed by atoms with Gasteiger partial charge in [0.1, 0.15) is 24.2 Å². The monoisotopic (exact) mass is 723 g/mol. The first-order chi connectivity index (χ1) is 24.3. The van der Waals surface area contributed by atoms with E-state index in [0.29, 0.717) is 25.4 Å². The van der Waals surface area contributed by atoms with E-state index < -0.39 is 51.3 Å². The maximum atomic E-state index is 14.1. The van der Waals surface area contributed by atoms with Gasteiger partial charge in [0.05, 0.1) is 41.1 Å². The van der Waals surface area contributed by atoms with E-state index in [0.717, 1.165) is 17.5 Å². The summed E-state index contributed by atoms with van der Waals surface area (Å²) in [4.78, 5) is 26.3. The van der Waals surface area contributed by atoms with Gasteiger partial charge in [0.15, 0.2) is 6.29 Å². The van der Waals surface area contributed by atoms with Gasteiger partial charge in [-0.05, 0) is 68.0 Å². The van der Waals surface area contributed by atoms with Gasteiger partial charge in [-0.2, -0.15) is 4.31 Å². The number of nitro groups is 1. The van der Waals surface area contributed by atoms with Crippen LogP contribution in [0.1, 0.15) is 45.2 Å². The van der Waals surface area contributed by atoms with E-state index in [1.807, 2.05) is 68.4 Å². The van der Waals surface area contributed by atoms with Gasteiger partial charge >= 0.3 is 6.09 Å². The summed E-state index contributed by atoms with van der Waals surface area (Å²) in [6.45, 7) is 8.62. The van der Waals surface area contributed by atoms with Gasteiger partial charge in [0.2, 0.25) is 10.0 Å². The van der Waals surface area contributed by atoms with E-state index in [9.17, 15) is 23.3 Å². The summed E-state index contributed by atoms with van der Waals surface area (Å²) in [6, 6.07) is 21.7. The SMILES string of the molecule is CC(C)CN(C[C@H]1OC(C)(C)N(C(=O)O[C@@H]2CO[C@H]3OCC[C@H]32)[C@H]1Cc1ccc(OCc2ccccc2)cc1)S(=O)(=O)c1ccc([N+](=O)[O-])cc1. The number of fused-ring (bicyclic) bond motifs is 1. The Hall–Kier alpha value is -4.08. The standard InChI is InChI=1S/C37H45N3O10S/c1-25(2)21-38(51(44,45)30-16-12-28(13-17-30)40(42)43)22-33-32(20-26-10-14-29(15-11-26)47-23-27-8-6-5-7-9-27)39(37(3,4)50-33)36(41)49-34-24-48-35-31(34)18-19-46-35/h5-17,25,31-35H,18-24H2,1-4H3/t31-,32-,33+,34+,35+/m0/s1. The van der Waals surface area contributed by atoms with Gasteiger partial charge in [0, 0.05) is 25.2 Å². The molecular weight excluding hydrogens is 678 g/mol. The van der Waals surface area contributed by atoms with Crippen LogP contribution in [0.25, 0.3) is 0 Å². The molecule has 0 bridgehead atoms. The van der Waals surface area contributed by atoms with Crippen molar-refractivity contribution in [2.24, 2.45) is 11.8 Å². The lowest BCUT2D eigenvalue weighted by atomic mass is 9.99. The minimum atomic E-state index is -4.11. The fourth-order valence-electron chi connectivity index (χ4n) is 7.01. The minimum absolute atomic E-state index is 0.0564. The first-order valence-electron chi connectivity index (χ1n) is 17.2. The van der Waals surface area contributed by atoms with Gasteiger partial charge < -0.3 is 23.7 Å². The van der Waals surface area contributed by atoms with Crippen LogP contribution in [0.5, 0.6) is 5.75 Å². The lowest BCUT2D eigenvalue weighted by Gasteiger charge is -2.34. The van der Waals surface area contributed by atoms with Gasteiger partial charge in [-0.3, -0.25) is 15.0 Å². The van der Waals surface area contributed by atoms with E-state index in [1.165, 1.54) is 28.6 Å². The Labute approximate surface area is 298 Å². The van der Waals surface area contributed by atoms with Gasteiger partial charge in [-0.15, -0.1) is 0 Å². The van der Waals surface area contributed by atoms with Crippen molar-refractivity contribution in [3.8, 4) is 5.75 Å². The Morgan fingerprint density at radius 1 is 1.02 bits per heavy atom. The Morgan fingerprint density at radius 3 is 2.39 bits per heavy atom. The molecule has 0 spiro atoms. The van der Waals surface area contributed by atoms with Crippen LogP contribution in [0.2, 0.25) is 0 Å². The van der Waals surface area contributed by atoms with Crippen LogP contribution in [0, 0.1) is 22.0 Å². The number of non-ortho nitro benzene ring substituents is 1. The molecule has 0 radical (unpaired) electrons. The number of sulfonamides is 1. The highest BCUT2D eigenvalue weighted by molar-refractivity contribution is 7.89. The molecule has 0 saturated carbocycles. The van der Waals surface area contributed by atoms with E-state index in [-0.39, 0.29) is 42.1 Å². The zero-order valence-electron chi connectivity index (χ0n) is 29.3. The van der Waals surface area contributed by atoms with E-state index in [2.05, 4.69) is 0 Å². The number of amides is 1. The average Bonchev–Trinajstić information content (AvgIpc) is 3.78. The highest BCUT2D eigenvalue weighted by Crippen LogP contribution is 2.39. The molecule has 3 aliphatic rings. The molecule has 274 valence electrons. The fourth-order valence-corrected chi connectivity index (χ4v) is 8.63. The molecule has 14 heteroatoms. The second kappa shape index (κ2) is 15.3. The van der Waals surface area contributed by atoms with Gasteiger partial charge in [-0.1, -0.05) is 56.3 Å². The maximum absolute atomic E-state index is 14.1. The van der Waals surface area contributed by atoms with E-state index in [1.54, 1.807) is 18.7 Å². The number of benzene rings is 3. The predicted octanol–water partition coefficient (Wildman–Crippen LogP) is 5.77. The Morgan fingerprint density at radius 2 is 1.73 bits per heavy atom. The number of nitrogens with zero attached hydrogens (tertiary/aromatic N) is 3. The van der Waals surface area contributed by atoms with E-state index >= 15 is 0 Å². The third-order valence-electron chi connectivity index (χ3n) is 9.47. The molecule has 3 aliphatic heterocycles. The number of hydrogen-bond donors (Lipinski definition) is 0. The van der Waals surface area contributed by atoms with Crippen molar-refractivity contribution in [1.29, 1.82) is 0 Å². The lowest BCUT2D eigenvalue weighted by molar-refractivity contribution is -0.384. The molecule has 5 atom stereocenters. The average molecular weight is 724 g/mol. The summed E-state index contributed by atoms with van der Waals surface area (Å²) in [5, 5.41) is 11.2. The summed E-state index contributed by atoms with van der Waals surface area (Å²) >= 11 is 0. The second-order valence-corrected chi connectivity index (χ2v) is 16.0. The number of nitro benzene ring substituents is 1. The topological polar surface area (TPSA) is 147 Å². The van der Waals surface area contributed by atoms with E-state index in [4.69, 9.17) is 23.7 Å². The number of ether oxygens (including phenoxy) is 5. The maximum Gasteiger partial charge on any atom is 0.412 e. The molecular formula is C37H45N3O10S. The number of carbonyl (C=O) groups excluding carboxylic acids is 1. The first kappa shape index (κ1) is 36.7. The van der Waals surface area contributed by atoms with Crippen molar-refractivity contribution in [2.75, 3.05) is 26.3 Å². The molecule has 0 aromatic heterocycles. The Bertz CT molecular complexity index is 1770. The van der Waals surface area contributed by atoms with Gasteiger partial charge in [-0.25, -0.2) is 13.2 Å². The molecule has 3 saturated heterocycles. The van der Waals surface area contributed by atoms with Crippen molar-refractivity contribution in [1.82, 2.24) is 9.21 Å². The lowest BCUT2D eigenvalue weighted by Crippen LogP contribution is -2.51. The highest BCUT2D eigenvalue weighted by Gasteiger charge is 2.53. The fraction of sp³-hybridized carbons (Fsp3) is 0.486. The summed E-state index contributed by atoms with van der Waals surface area (Å²) < 4.78 is 59.5. The normalized spacial score (nSPS) is 24.2. The van der Waals surface area contributed by atoms with Crippen molar-refractivity contribution in [2.45, 2.75) is 82.3 Å². The Balaban J connectivity index is 1.27. The molecule has 13 nitrogen and oxygen atoms in total. The number of rotatable bonds is 13. The molecule has 0 aliphatic carbocycles. The molecule has 1 amide bonds. The van der Waals surface area contributed by atoms with Crippen LogP contribution < -0.4 is 4.74 Å². The van der Waals surface area contributed by atoms with Gasteiger partial charge in [0.25, 0.3) is 5.69 Å². The van der Waals surface area contributed by atoms with Crippen LogP contribution in [0.4, 0.5) is 10.5 Å². The minimum Gasteiger partial charge on any atom is -0.489 e. The molecule has 3 fully saturated rings. The van der Waals surface area contributed by atoms with Crippen LogP contribution in [0.15, 0.2) is 83.8 Å². The third kappa shape index (κ3) is 8.36. The van der Waals surface area contributed by atoms with Crippen molar-refractivity contribution in [3.63, 3.8) is 0 Å². The first-order valence-corrected chi connectivity index (χ1v) is 18.7. The zero-order valence-corrected chi connectivity index (χ0v) is 30.1. The summed E-state index contributed by atoms with van der Waals surface area (Å²) in [5.41, 5.74) is 0.565. The highest BCUT2D eigenvalue weighted by atomic mass is 32.2. The summed E-state index contributed by atoms with van der Waals surface area (Å²) in [5.74, 6) is 0.566. The molecule has 3 aromatic rings. The number of carbonyl (C=O) groups is 1. The Kier molecular flexibility index (Phi) is 11.0. The van der Waals surface area contributed by atoms with Crippen molar-refractivity contribution < 1.29 is 41.8 Å². The second-order valence-electron chi connectivity index (χ2n) is 14.1. The van der Waals surface area contributed by atoms with Crippen LogP contribution in [-0.4, -0.2) is 85.2 Å². The molecule has 6 rings (SSSR count). The molecule has 3 aromatic carbocycles. The van der Waals surface area contributed by atoms with Crippen molar-refractivity contribution >= 4 is 21.8 Å².